The molecule has 0 heterocycles. The smallest absolute Gasteiger partial charge is 0.400 e. The van der Waals surface area contributed by atoms with Crippen LogP contribution in [-0.4, -0.2) is 16.5 Å². The van der Waals surface area contributed by atoms with E-state index in [9.17, 15) is 14.7 Å². The van der Waals surface area contributed by atoms with Crippen molar-refractivity contribution < 1.29 is 14.0 Å². The van der Waals surface area contributed by atoms with Crippen LogP contribution in [0, 0.1) is 17.0 Å². The first-order valence-electron chi connectivity index (χ1n) is 8.41. The topological polar surface area (TPSA) is 93.8 Å². The summed E-state index contributed by atoms with van der Waals surface area (Å²) in [6.45, 7) is 2.53. The number of rotatable bonds is 9. The zero-order valence-corrected chi connectivity index (χ0v) is 17.1. The molecule has 0 aliphatic rings. The van der Waals surface area contributed by atoms with Gasteiger partial charge in [-0.05, 0) is 48.5 Å². The molecule has 2 aromatic rings. The summed E-state index contributed by atoms with van der Waals surface area (Å²) in [4.78, 5) is 14.6. The Labute approximate surface area is 162 Å². The molecule has 0 bridgehead atoms. The lowest BCUT2D eigenvalue weighted by atomic mass is 10.2. The van der Waals surface area contributed by atoms with Crippen LogP contribution in [0.15, 0.2) is 53.5 Å². The second kappa shape index (κ2) is 9.58. The molecule has 0 aliphatic heterocycles. The van der Waals surface area contributed by atoms with Gasteiger partial charge in [0.1, 0.15) is 5.75 Å². The monoisotopic (exact) mass is 407 g/mol. The molecule has 0 saturated carbocycles. The van der Waals surface area contributed by atoms with Crippen LogP contribution in [0.4, 0.5) is 11.4 Å². The molecule has 2 atom stereocenters. The van der Waals surface area contributed by atoms with Gasteiger partial charge in [-0.2, -0.15) is 0 Å². The molecule has 0 aliphatic carbocycles. The number of nitro groups is 1. The minimum Gasteiger partial charge on any atom is -0.422 e. The fourth-order valence-electron chi connectivity index (χ4n) is 2.03. The number of aliphatic imine (C=N–C) groups is 1. The molecule has 1 N–H and O–H groups in total. The van der Waals surface area contributed by atoms with E-state index in [0.717, 1.165) is 17.7 Å². The van der Waals surface area contributed by atoms with Gasteiger partial charge < -0.3 is 4.52 Å². The van der Waals surface area contributed by atoms with Crippen molar-refractivity contribution in [3.63, 3.8) is 0 Å². The van der Waals surface area contributed by atoms with Crippen LogP contribution in [-0.2, 0) is 4.57 Å². The number of non-ortho nitro benzene ring substituents is 1. The fourth-order valence-corrected chi connectivity index (χ4v) is 5.99. The van der Waals surface area contributed by atoms with Crippen molar-refractivity contribution in [1.29, 1.82) is 0 Å². The van der Waals surface area contributed by atoms with Gasteiger partial charge in [0, 0.05) is 17.4 Å². The Hall–Kier alpha value is -2.31. The maximum absolute atomic E-state index is 13.3. The van der Waals surface area contributed by atoms with E-state index in [-0.39, 0.29) is 16.7 Å². The third-order valence-corrected chi connectivity index (χ3v) is 8.01. The molecule has 0 aromatic heterocycles. The van der Waals surface area contributed by atoms with Crippen molar-refractivity contribution in [2.45, 2.75) is 32.4 Å². The maximum atomic E-state index is 13.3. The number of hydrogen-bond acceptors (Lipinski definition) is 6. The molecule has 9 heteroatoms. The Bertz CT molecular complexity index is 858. The highest BCUT2D eigenvalue weighted by molar-refractivity contribution is 8.56. The third-order valence-electron chi connectivity index (χ3n) is 3.70. The summed E-state index contributed by atoms with van der Waals surface area (Å²) in [6, 6.07) is 13.1. The lowest BCUT2D eigenvalue weighted by Gasteiger charge is -2.20. The van der Waals surface area contributed by atoms with Crippen molar-refractivity contribution in [3.8, 4) is 5.75 Å². The standard InChI is InChI=1S/C18H22N3O4PS/c1-4-15(3)27-26(24,20-13-19-18-8-6-5-7-14(18)2)25-17-11-9-16(10-12-17)21(22)23/h5-13,15H,4H2,1-3H3,(H,19,20,24). The normalized spacial score (nSPS) is 14.5. The van der Waals surface area contributed by atoms with E-state index in [2.05, 4.69) is 10.1 Å². The highest BCUT2D eigenvalue weighted by Gasteiger charge is 2.27. The van der Waals surface area contributed by atoms with Crippen molar-refractivity contribution >= 4 is 35.8 Å². The molecule has 0 radical (unpaired) electrons. The highest BCUT2D eigenvalue weighted by Crippen LogP contribution is 2.57. The van der Waals surface area contributed by atoms with Crippen LogP contribution in [0.25, 0.3) is 0 Å². The third kappa shape index (κ3) is 6.41. The first-order valence-corrected chi connectivity index (χ1v) is 11.5. The van der Waals surface area contributed by atoms with Gasteiger partial charge in [-0.25, -0.2) is 9.56 Å². The van der Waals surface area contributed by atoms with E-state index in [0.29, 0.717) is 0 Å². The molecule has 27 heavy (non-hydrogen) atoms. The van der Waals surface area contributed by atoms with E-state index in [1.165, 1.54) is 42.0 Å². The van der Waals surface area contributed by atoms with Crippen LogP contribution in [0.5, 0.6) is 5.75 Å². The van der Waals surface area contributed by atoms with Gasteiger partial charge in [0.2, 0.25) is 0 Å². The Morgan fingerprint density at radius 3 is 2.56 bits per heavy atom. The molecule has 144 valence electrons. The second-order valence-electron chi connectivity index (χ2n) is 5.84. The summed E-state index contributed by atoms with van der Waals surface area (Å²) in [6.07, 6.45) is 2.19. The summed E-state index contributed by atoms with van der Waals surface area (Å²) in [5, 5.41) is 13.6. The number of hydrogen-bond donors (Lipinski definition) is 1. The Balaban J connectivity index is 2.17. The Morgan fingerprint density at radius 1 is 1.30 bits per heavy atom. The van der Waals surface area contributed by atoms with Gasteiger partial charge >= 0.3 is 6.72 Å². The minimum absolute atomic E-state index is 0.0548. The molecule has 7 nitrogen and oxygen atoms in total. The SMILES string of the molecule is CCC(C)SP(=O)(NC=Nc1ccccc1C)Oc1ccc([N+](=O)[O-])cc1. The van der Waals surface area contributed by atoms with Gasteiger partial charge in [0.05, 0.1) is 16.9 Å². The summed E-state index contributed by atoms with van der Waals surface area (Å²) in [5.74, 6) is 0.288. The molecular weight excluding hydrogens is 385 g/mol. The van der Waals surface area contributed by atoms with Crippen LogP contribution < -0.4 is 9.61 Å². The van der Waals surface area contributed by atoms with Crippen molar-refractivity contribution in [2.24, 2.45) is 4.99 Å². The van der Waals surface area contributed by atoms with E-state index in [1.54, 1.807) is 0 Å². The first kappa shape index (κ1) is 21.0. The number of nitrogens with zero attached hydrogens (tertiary/aromatic N) is 2. The summed E-state index contributed by atoms with van der Waals surface area (Å²) in [5.41, 5.74) is 1.71. The van der Waals surface area contributed by atoms with Crippen LogP contribution in [0.3, 0.4) is 0 Å². The lowest BCUT2D eigenvalue weighted by Crippen LogP contribution is -2.12. The maximum Gasteiger partial charge on any atom is 0.400 e. The van der Waals surface area contributed by atoms with E-state index in [1.807, 2.05) is 45.0 Å². The predicted octanol–water partition coefficient (Wildman–Crippen LogP) is 5.87. The molecule has 2 rings (SSSR count). The predicted molar refractivity (Wildman–Crippen MR) is 111 cm³/mol. The van der Waals surface area contributed by atoms with E-state index in [4.69, 9.17) is 4.52 Å². The molecule has 0 amide bonds. The lowest BCUT2D eigenvalue weighted by molar-refractivity contribution is -0.384. The summed E-state index contributed by atoms with van der Waals surface area (Å²) >= 11 is 1.19. The van der Waals surface area contributed by atoms with Crippen LogP contribution >= 0.6 is 18.1 Å². The second-order valence-corrected chi connectivity index (χ2v) is 10.4. The number of aryl methyl sites for hydroxylation is 1. The summed E-state index contributed by atoms with van der Waals surface area (Å²) in [7, 11) is 0. The van der Waals surface area contributed by atoms with Crippen molar-refractivity contribution in [2.75, 3.05) is 0 Å². The van der Waals surface area contributed by atoms with E-state index < -0.39 is 11.6 Å². The largest absolute Gasteiger partial charge is 0.422 e. The van der Waals surface area contributed by atoms with Gasteiger partial charge in [-0.1, -0.05) is 32.0 Å². The first-order chi connectivity index (χ1) is 12.8. The minimum atomic E-state index is -3.36. The van der Waals surface area contributed by atoms with E-state index >= 15 is 0 Å². The van der Waals surface area contributed by atoms with Crippen LogP contribution in [0.2, 0.25) is 0 Å². The Morgan fingerprint density at radius 2 is 1.96 bits per heavy atom. The number of benzene rings is 2. The van der Waals surface area contributed by atoms with Gasteiger partial charge in [0.25, 0.3) is 5.69 Å². The zero-order chi connectivity index (χ0) is 19.9. The summed E-state index contributed by atoms with van der Waals surface area (Å²) < 4.78 is 18.9. The molecule has 2 unspecified atom stereocenters. The average Bonchev–Trinajstić information content (AvgIpc) is 2.63. The molecule has 0 spiro atoms. The van der Waals surface area contributed by atoms with Gasteiger partial charge in [-0.3, -0.25) is 15.2 Å². The highest BCUT2D eigenvalue weighted by atomic mass is 32.7. The van der Waals surface area contributed by atoms with Crippen LogP contribution in [0.1, 0.15) is 25.8 Å². The quantitative estimate of drug-likeness (QED) is 0.184. The number of para-hydroxylation sites is 1. The average molecular weight is 407 g/mol. The zero-order valence-electron chi connectivity index (χ0n) is 15.4. The molecule has 2 aromatic carbocycles. The number of nitrogens with one attached hydrogen (secondary N) is 1. The molecule has 0 saturated heterocycles. The van der Waals surface area contributed by atoms with Crippen molar-refractivity contribution in [3.05, 3.63) is 64.2 Å². The van der Waals surface area contributed by atoms with Crippen molar-refractivity contribution in [1.82, 2.24) is 5.09 Å². The van der Waals surface area contributed by atoms with Gasteiger partial charge in [-0.15, -0.1) is 0 Å². The Kier molecular flexibility index (Phi) is 7.45. The fraction of sp³-hybridized carbons (Fsp3) is 0.278. The number of nitro benzene ring substituents is 1. The molecule has 0 fully saturated rings. The molecular formula is C18H22N3O4PS. The van der Waals surface area contributed by atoms with Gasteiger partial charge in [0.15, 0.2) is 0 Å².